The van der Waals surface area contributed by atoms with Crippen LogP contribution in [0.25, 0.3) is 11.1 Å². The summed E-state index contributed by atoms with van der Waals surface area (Å²) < 4.78 is 32.2. The Morgan fingerprint density at radius 1 is 1.17 bits per heavy atom. The average molecular weight is 417 g/mol. The van der Waals surface area contributed by atoms with E-state index in [1.54, 1.807) is 24.1 Å². The van der Waals surface area contributed by atoms with Crippen LogP contribution in [0, 0.1) is 17.6 Å². The number of halogens is 2. The van der Waals surface area contributed by atoms with E-state index in [4.69, 9.17) is 0 Å². The Balaban J connectivity index is 1.55. The van der Waals surface area contributed by atoms with E-state index in [1.807, 2.05) is 23.3 Å². The van der Waals surface area contributed by atoms with Crippen LogP contribution in [0.4, 0.5) is 8.78 Å². The third kappa shape index (κ3) is 4.05. The highest BCUT2D eigenvalue weighted by molar-refractivity contribution is 7.96. The molecular formula is C23H26F2N2OS. The molecule has 1 aliphatic heterocycles. The minimum Gasteiger partial charge on any atom is -0.341 e. The molecule has 0 radical (unpaired) electrons. The number of rotatable bonds is 5. The monoisotopic (exact) mass is 416 g/mol. The van der Waals surface area contributed by atoms with Gasteiger partial charge >= 0.3 is 0 Å². The third-order valence-electron chi connectivity index (χ3n) is 6.06. The minimum absolute atomic E-state index is 0.00378. The molecule has 154 valence electrons. The van der Waals surface area contributed by atoms with Gasteiger partial charge in [0.15, 0.2) is 0 Å². The van der Waals surface area contributed by atoms with E-state index in [0.29, 0.717) is 12.1 Å². The van der Waals surface area contributed by atoms with E-state index in [9.17, 15) is 13.6 Å². The lowest BCUT2D eigenvalue weighted by atomic mass is 9.91. The van der Waals surface area contributed by atoms with E-state index < -0.39 is 11.6 Å². The summed E-state index contributed by atoms with van der Waals surface area (Å²) in [7, 11) is 0. The maximum atomic E-state index is 14.4. The number of amides is 1. The van der Waals surface area contributed by atoms with Crippen LogP contribution in [-0.4, -0.2) is 35.7 Å². The van der Waals surface area contributed by atoms with Crippen LogP contribution in [-0.2, 0) is 4.79 Å². The molecule has 2 aromatic rings. The summed E-state index contributed by atoms with van der Waals surface area (Å²) in [6, 6.07) is 11.2. The van der Waals surface area contributed by atoms with Gasteiger partial charge in [0.05, 0.1) is 5.56 Å². The Bertz CT molecular complexity index is 897. The predicted molar refractivity (Wildman–Crippen MR) is 114 cm³/mol. The first-order valence-electron chi connectivity index (χ1n) is 10.1. The third-order valence-corrected chi connectivity index (χ3v) is 6.75. The second-order valence-corrected chi connectivity index (χ2v) is 8.98. The van der Waals surface area contributed by atoms with Crippen molar-refractivity contribution in [2.24, 2.45) is 5.92 Å². The number of hydrogen-bond donors (Lipinski definition) is 1. The lowest BCUT2D eigenvalue weighted by Gasteiger charge is -2.40. The van der Waals surface area contributed by atoms with Crippen molar-refractivity contribution in [3.63, 3.8) is 0 Å². The van der Waals surface area contributed by atoms with E-state index in [0.717, 1.165) is 31.4 Å². The van der Waals surface area contributed by atoms with Crippen LogP contribution in [0.3, 0.4) is 0 Å². The van der Waals surface area contributed by atoms with Gasteiger partial charge in [-0.1, -0.05) is 42.3 Å². The Hall–Kier alpha value is -1.92. The first-order valence-corrected chi connectivity index (χ1v) is 11.3. The van der Waals surface area contributed by atoms with Gasteiger partial charge in [0.25, 0.3) is 0 Å². The Labute approximate surface area is 175 Å². The highest BCUT2D eigenvalue weighted by atomic mass is 32.2. The molecule has 1 N–H and O–H groups in total. The summed E-state index contributed by atoms with van der Waals surface area (Å²) >= 11 is 1.59. The first-order chi connectivity index (χ1) is 13.9. The predicted octanol–water partition coefficient (Wildman–Crippen LogP) is 4.98. The number of carbonyl (C=O) groups excluding carboxylic acids is 1. The van der Waals surface area contributed by atoms with Gasteiger partial charge in [-0.25, -0.2) is 8.78 Å². The topological polar surface area (TPSA) is 32.3 Å². The van der Waals surface area contributed by atoms with Crippen LogP contribution in [0.15, 0.2) is 42.5 Å². The Morgan fingerprint density at radius 3 is 2.62 bits per heavy atom. The zero-order chi connectivity index (χ0) is 20.6. The van der Waals surface area contributed by atoms with Gasteiger partial charge in [-0.3, -0.25) is 9.52 Å². The average Bonchev–Trinajstić information content (AvgIpc) is 3.48. The van der Waals surface area contributed by atoms with Crippen molar-refractivity contribution >= 4 is 17.9 Å². The van der Waals surface area contributed by atoms with Crippen LogP contribution >= 0.6 is 11.9 Å². The van der Waals surface area contributed by atoms with Crippen LogP contribution in [0.1, 0.15) is 37.7 Å². The summed E-state index contributed by atoms with van der Waals surface area (Å²) in [5.41, 5.74) is 1.33. The fourth-order valence-corrected chi connectivity index (χ4v) is 5.27. The molecule has 1 aliphatic carbocycles. The molecule has 29 heavy (non-hydrogen) atoms. The quantitative estimate of drug-likeness (QED) is 0.698. The van der Waals surface area contributed by atoms with Crippen molar-refractivity contribution in [2.75, 3.05) is 19.3 Å². The summed E-state index contributed by atoms with van der Waals surface area (Å²) in [5.74, 6) is -1.08. The number of hydrogen-bond acceptors (Lipinski definition) is 3. The SMILES string of the molecule is CSNC1(C)CCCN(C(=O)[C@@H]2C[C@H]2c2ccccc2-c2c(F)cccc2F)C1. The van der Waals surface area contributed by atoms with Crippen LogP contribution in [0.5, 0.6) is 0 Å². The number of nitrogens with one attached hydrogen (secondary N) is 1. The van der Waals surface area contributed by atoms with Crippen LogP contribution in [0.2, 0.25) is 0 Å². The van der Waals surface area contributed by atoms with Crippen molar-refractivity contribution in [3.05, 3.63) is 59.7 Å². The van der Waals surface area contributed by atoms with Gasteiger partial charge in [-0.2, -0.15) is 0 Å². The van der Waals surface area contributed by atoms with Gasteiger partial charge in [0.1, 0.15) is 11.6 Å². The summed E-state index contributed by atoms with van der Waals surface area (Å²) in [6.07, 6.45) is 4.75. The standard InChI is InChI=1S/C23H26F2N2OS/c1-23(26-29-2)11-6-12-27(14-23)22(28)18-13-17(18)15-7-3-4-8-16(15)21-19(24)9-5-10-20(21)25/h3-5,7-10,17-18,26H,6,11-14H2,1-2H3/t17-,18+,23?/m0/s1. The Kier molecular flexibility index (Phi) is 5.67. The molecule has 1 unspecified atom stereocenters. The fourth-order valence-electron chi connectivity index (χ4n) is 4.61. The number of likely N-dealkylation sites (tertiary alicyclic amines) is 1. The van der Waals surface area contributed by atoms with Crippen molar-refractivity contribution < 1.29 is 13.6 Å². The van der Waals surface area contributed by atoms with Gasteiger partial charge in [-0.05, 0) is 61.6 Å². The maximum Gasteiger partial charge on any atom is 0.226 e. The summed E-state index contributed by atoms with van der Waals surface area (Å²) in [4.78, 5) is 15.1. The van der Waals surface area contributed by atoms with Gasteiger partial charge in [0, 0.05) is 24.5 Å². The second kappa shape index (κ2) is 8.07. The molecule has 1 saturated carbocycles. The van der Waals surface area contributed by atoms with Gasteiger partial charge < -0.3 is 4.90 Å². The number of nitrogens with zero attached hydrogens (tertiary/aromatic N) is 1. The molecule has 1 amide bonds. The fraction of sp³-hybridized carbons (Fsp3) is 0.435. The zero-order valence-electron chi connectivity index (χ0n) is 16.8. The van der Waals surface area contributed by atoms with Crippen molar-refractivity contribution in [1.82, 2.24) is 9.62 Å². The van der Waals surface area contributed by atoms with Gasteiger partial charge in [-0.15, -0.1) is 0 Å². The van der Waals surface area contributed by atoms with Crippen molar-refractivity contribution in [2.45, 2.75) is 37.6 Å². The number of piperidine rings is 1. The molecule has 2 fully saturated rings. The smallest absolute Gasteiger partial charge is 0.226 e. The molecule has 2 aliphatic rings. The number of benzene rings is 2. The molecule has 3 atom stereocenters. The molecule has 0 aromatic heterocycles. The molecular weight excluding hydrogens is 390 g/mol. The van der Waals surface area contributed by atoms with Crippen molar-refractivity contribution in [3.8, 4) is 11.1 Å². The molecule has 0 spiro atoms. The first kappa shape index (κ1) is 20.4. The zero-order valence-corrected chi connectivity index (χ0v) is 17.6. The lowest BCUT2D eigenvalue weighted by molar-refractivity contribution is -0.134. The Morgan fingerprint density at radius 2 is 1.90 bits per heavy atom. The number of carbonyl (C=O) groups is 1. The van der Waals surface area contributed by atoms with E-state index >= 15 is 0 Å². The minimum atomic E-state index is -0.573. The lowest BCUT2D eigenvalue weighted by Crippen LogP contribution is -2.54. The highest BCUT2D eigenvalue weighted by Gasteiger charge is 2.48. The maximum absolute atomic E-state index is 14.4. The van der Waals surface area contributed by atoms with Crippen LogP contribution < -0.4 is 4.72 Å². The molecule has 6 heteroatoms. The van der Waals surface area contributed by atoms with E-state index in [1.165, 1.54) is 18.2 Å². The van der Waals surface area contributed by atoms with Crippen molar-refractivity contribution in [1.29, 1.82) is 0 Å². The highest BCUT2D eigenvalue weighted by Crippen LogP contribution is 2.51. The molecule has 2 aromatic carbocycles. The van der Waals surface area contributed by atoms with E-state index in [-0.39, 0.29) is 28.8 Å². The largest absolute Gasteiger partial charge is 0.341 e. The molecule has 0 bridgehead atoms. The summed E-state index contributed by atoms with van der Waals surface area (Å²) in [6.45, 7) is 3.63. The van der Waals surface area contributed by atoms with E-state index in [2.05, 4.69) is 11.6 Å². The molecule has 3 nitrogen and oxygen atoms in total. The second-order valence-electron chi connectivity index (χ2n) is 8.36. The van der Waals surface area contributed by atoms with Gasteiger partial charge in [0.2, 0.25) is 5.91 Å². The molecule has 4 rings (SSSR count). The molecule has 1 saturated heterocycles. The normalized spacial score (nSPS) is 26.4. The summed E-state index contributed by atoms with van der Waals surface area (Å²) in [5, 5.41) is 0. The molecule has 1 heterocycles.